The van der Waals surface area contributed by atoms with Crippen LogP contribution >= 0.6 is 0 Å². The largest absolute Gasteiger partial charge is 0.623 e. The second-order valence-electron chi connectivity index (χ2n) is 9.77. The lowest BCUT2D eigenvalue weighted by Gasteiger charge is -2.20. The molecule has 0 bridgehead atoms. The standard InChI is InChI=1S/C21H33N3O3/c1-19(2,3)22(25)13-16-10-11-17(14-23(26)20(4,5)6)18(12-16)15-24(27)21(7,8)9/h10-15H,1-9H3/b22-13-,23-14-,24-15+. The van der Waals surface area contributed by atoms with Gasteiger partial charge in [-0.1, -0.05) is 0 Å². The third-order valence-corrected chi connectivity index (χ3v) is 3.87. The van der Waals surface area contributed by atoms with E-state index in [1.165, 1.54) is 18.6 Å². The molecule has 0 radical (unpaired) electrons. The summed E-state index contributed by atoms with van der Waals surface area (Å²) < 4.78 is 2.60. The van der Waals surface area contributed by atoms with Crippen molar-refractivity contribution >= 4 is 18.6 Å². The minimum atomic E-state index is -0.617. The number of nitrogens with zero attached hydrogens (tertiary/aromatic N) is 3. The summed E-state index contributed by atoms with van der Waals surface area (Å²) >= 11 is 0. The van der Waals surface area contributed by atoms with E-state index in [0.29, 0.717) is 16.7 Å². The van der Waals surface area contributed by atoms with Crippen LogP contribution in [0.1, 0.15) is 79.0 Å². The van der Waals surface area contributed by atoms with Crippen LogP contribution < -0.4 is 0 Å². The summed E-state index contributed by atoms with van der Waals surface area (Å²) in [6, 6.07) is 5.26. The highest BCUT2D eigenvalue weighted by Gasteiger charge is 2.22. The Labute approximate surface area is 162 Å². The van der Waals surface area contributed by atoms with E-state index in [-0.39, 0.29) is 0 Å². The minimum Gasteiger partial charge on any atom is -0.623 e. The van der Waals surface area contributed by atoms with E-state index in [4.69, 9.17) is 0 Å². The Bertz CT molecular complexity index is 771. The molecule has 1 aromatic carbocycles. The second kappa shape index (κ2) is 7.71. The highest BCUT2D eigenvalue weighted by Crippen LogP contribution is 2.14. The lowest BCUT2D eigenvalue weighted by Crippen LogP contribution is -2.31. The van der Waals surface area contributed by atoms with Gasteiger partial charge in [-0.05, 0) is 18.2 Å². The molecular formula is C21H33N3O3. The topological polar surface area (TPSA) is 78.2 Å². The van der Waals surface area contributed by atoms with Crippen LogP contribution in [-0.4, -0.2) is 49.5 Å². The minimum absolute atomic E-state index is 0.567. The molecule has 0 aliphatic heterocycles. The summed E-state index contributed by atoms with van der Waals surface area (Å²) in [7, 11) is 0. The SMILES string of the molecule is CC(C)(C)/[N+]([O-])=C/c1ccc(/C=[N+](\[O-])C(C)(C)C)c(/C=[N+](/[O-])C(C)(C)C)c1. The van der Waals surface area contributed by atoms with Crippen molar-refractivity contribution in [2.24, 2.45) is 0 Å². The maximum atomic E-state index is 12.4. The van der Waals surface area contributed by atoms with E-state index < -0.39 is 16.6 Å². The van der Waals surface area contributed by atoms with E-state index in [1.54, 1.807) is 18.2 Å². The van der Waals surface area contributed by atoms with Crippen molar-refractivity contribution in [2.75, 3.05) is 0 Å². The van der Waals surface area contributed by atoms with Gasteiger partial charge in [0.15, 0.2) is 35.3 Å². The van der Waals surface area contributed by atoms with Crippen molar-refractivity contribution in [1.82, 2.24) is 0 Å². The Kier molecular flexibility index (Phi) is 6.47. The van der Waals surface area contributed by atoms with Crippen molar-refractivity contribution in [3.05, 3.63) is 50.5 Å². The molecule has 0 aliphatic rings. The zero-order valence-corrected chi connectivity index (χ0v) is 18.0. The predicted molar refractivity (Wildman–Crippen MR) is 112 cm³/mol. The van der Waals surface area contributed by atoms with Crippen molar-refractivity contribution < 1.29 is 14.2 Å². The third kappa shape index (κ3) is 6.70. The summed E-state index contributed by atoms with van der Waals surface area (Å²) in [5.74, 6) is 0. The van der Waals surface area contributed by atoms with Crippen molar-refractivity contribution in [2.45, 2.75) is 78.9 Å². The summed E-state index contributed by atoms with van der Waals surface area (Å²) in [6.45, 7) is 16.3. The highest BCUT2D eigenvalue weighted by atomic mass is 16.5. The van der Waals surface area contributed by atoms with E-state index >= 15 is 0 Å². The quantitative estimate of drug-likeness (QED) is 0.348. The van der Waals surface area contributed by atoms with Crippen molar-refractivity contribution in [3.63, 3.8) is 0 Å². The number of rotatable bonds is 3. The van der Waals surface area contributed by atoms with Gasteiger partial charge < -0.3 is 15.6 Å². The van der Waals surface area contributed by atoms with Crippen LogP contribution in [0, 0.1) is 15.6 Å². The molecule has 27 heavy (non-hydrogen) atoms. The Morgan fingerprint density at radius 3 is 1.37 bits per heavy atom. The lowest BCUT2D eigenvalue weighted by atomic mass is 10.0. The highest BCUT2D eigenvalue weighted by molar-refractivity contribution is 5.93. The molecule has 0 amide bonds. The van der Waals surface area contributed by atoms with Gasteiger partial charge in [0.25, 0.3) is 0 Å². The van der Waals surface area contributed by atoms with Crippen molar-refractivity contribution in [1.29, 1.82) is 0 Å². The zero-order valence-electron chi connectivity index (χ0n) is 18.0. The van der Waals surface area contributed by atoms with Crippen LogP contribution in [0.15, 0.2) is 18.2 Å². The first-order valence-corrected chi connectivity index (χ1v) is 9.10. The van der Waals surface area contributed by atoms with Gasteiger partial charge in [-0.25, -0.2) is 14.2 Å². The normalized spacial score (nSPS) is 15.2. The predicted octanol–water partition coefficient (Wildman–Crippen LogP) is 3.87. The van der Waals surface area contributed by atoms with Gasteiger partial charge in [0.2, 0.25) is 0 Å². The van der Waals surface area contributed by atoms with Gasteiger partial charge in [0, 0.05) is 67.9 Å². The maximum Gasteiger partial charge on any atom is 0.183 e. The smallest absolute Gasteiger partial charge is 0.183 e. The molecule has 0 aliphatic carbocycles. The van der Waals surface area contributed by atoms with Crippen LogP contribution in [0.2, 0.25) is 0 Å². The van der Waals surface area contributed by atoms with Gasteiger partial charge in [-0.15, -0.1) is 0 Å². The Balaban J connectivity index is 3.58. The molecule has 0 heterocycles. The molecule has 0 saturated heterocycles. The molecule has 150 valence electrons. The molecule has 0 N–H and O–H groups in total. The first kappa shape index (κ1) is 22.7. The van der Waals surface area contributed by atoms with Gasteiger partial charge in [-0.2, -0.15) is 0 Å². The summed E-state index contributed by atoms with van der Waals surface area (Å²) in [6.07, 6.45) is 4.43. The summed E-state index contributed by atoms with van der Waals surface area (Å²) in [5, 5.41) is 37.0. The van der Waals surface area contributed by atoms with Crippen LogP contribution in [0.4, 0.5) is 0 Å². The molecule has 6 nitrogen and oxygen atoms in total. The molecular weight excluding hydrogens is 342 g/mol. The fourth-order valence-electron chi connectivity index (χ4n) is 1.87. The number of hydrogen-bond donors (Lipinski definition) is 0. The molecule has 1 aromatic rings. The zero-order chi connectivity index (χ0) is 21.2. The first-order chi connectivity index (χ1) is 12.0. The van der Waals surface area contributed by atoms with Gasteiger partial charge >= 0.3 is 0 Å². The Morgan fingerprint density at radius 2 is 0.963 bits per heavy atom. The van der Waals surface area contributed by atoms with Crippen LogP contribution in [0.5, 0.6) is 0 Å². The summed E-state index contributed by atoms with van der Waals surface area (Å²) in [5.41, 5.74) is 0.0910. The van der Waals surface area contributed by atoms with Crippen LogP contribution in [-0.2, 0) is 0 Å². The van der Waals surface area contributed by atoms with Crippen LogP contribution in [0.3, 0.4) is 0 Å². The van der Waals surface area contributed by atoms with Crippen LogP contribution in [0.25, 0.3) is 0 Å². The molecule has 0 spiro atoms. The molecule has 0 saturated carbocycles. The fraction of sp³-hybridized carbons (Fsp3) is 0.571. The first-order valence-electron chi connectivity index (χ1n) is 9.10. The number of hydroxylamine groups is 3. The summed E-state index contributed by atoms with van der Waals surface area (Å²) in [4.78, 5) is 0. The molecule has 0 unspecified atom stereocenters. The molecule has 0 atom stereocenters. The number of benzene rings is 1. The second-order valence-corrected chi connectivity index (χ2v) is 9.77. The lowest BCUT2D eigenvalue weighted by molar-refractivity contribution is -0.531. The van der Waals surface area contributed by atoms with Gasteiger partial charge in [0.05, 0.1) is 11.1 Å². The van der Waals surface area contributed by atoms with Crippen molar-refractivity contribution in [3.8, 4) is 0 Å². The molecule has 0 fully saturated rings. The monoisotopic (exact) mass is 375 g/mol. The molecule has 6 heteroatoms. The third-order valence-electron chi connectivity index (χ3n) is 3.87. The average molecular weight is 376 g/mol. The maximum absolute atomic E-state index is 12.4. The fourth-order valence-corrected chi connectivity index (χ4v) is 1.87. The van der Waals surface area contributed by atoms with E-state index in [0.717, 1.165) is 14.2 Å². The van der Waals surface area contributed by atoms with Gasteiger partial charge in [0.1, 0.15) is 0 Å². The average Bonchev–Trinajstić information content (AvgIpc) is 2.46. The van der Waals surface area contributed by atoms with E-state index in [1.807, 2.05) is 62.3 Å². The van der Waals surface area contributed by atoms with E-state index in [9.17, 15) is 15.6 Å². The van der Waals surface area contributed by atoms with Gasteiger partial charge in [-0.3, -0.25) is 0 Å². The Hall–Kier alpha value is -2.37. The number of hydrogen-bond acceptors (Lipinski definition) is 3. The molecule has 0 aromatic heterocycles. The Morgan fingerprint density at radius 1 is 0.593 bits per heavy atom. The molecule has 1 rings (SSSR count). The van der Waals surface area contributed by atoms with E-state index in [2.05, 4.69) is 0 Å².